The summed E-state index contributed by atoms with van der Waals surface area (Å²) in [7, 11) is 0. The second-order valence-electron chi connectivity index (χ2n) is 5.89. The van der Waals surface area contributed by atoms with Crippen LogP contribution in [0.1, 0.15) is 12.8 Å². The largest absolute Gasteiger partial charge is 0.341 e. The van der Waals surface area contributed by atoms with Crippen LogP contribution < -0.4 is 4.90 Å². The molecule has 1 aliphatic rings. The first-order chi connectivity index (χ1) is 11.7. The van der Waals surface area contributed by atoms with Gasteiger partial charge in [0.1, 0.15) is 5.69 Å². The highest BCUT2D eigenvalue weighted by molar-refractivity contribution is 7.99. The van der Waals surface area contributed by atoms with Crippen molar-refractivity contribution >= 4 is 40.3 Å². The van der Waals surface area contributed by atoms with E-state index in [1.807, 2.05) is 36.0 Å². The Morgan fingerprint density at radius 3 is 2.75 bits per heavy atom. The molecule has 0 amide bonds. The van der Waals surface area contributed by atoms with Crippen molar-refractivity contribution in [1.29, 1.82) is 0 Å². The number of nitrogens with zero attached hydrogens (tertiary/aromatic N) is 4. The molecule has 1 N–H and O–H groups in total. The Hall–Kier alpha value is -1.79. The van der Waals surface area contributed by atoms with Crippen molar-refractivity contribution in [2.45, 2.75) is 18.1 Å². The number of H-pyrrole nitrogens is 1. The number of benzene rings is 1. The fraction of sp³-hybridized carbons (Fsp3) is 0.353. The van der Waals surface area contributed by atoms with Gasteiger partial charge in [-0.1, -0.05) is 23.7 Å². The third-order valence-electron chi connectivity index (χ3n) is 4.40. The molecule has 124 valence electrons. The van der Waals surface area contributed by atoms with Gasteiger partial charge in [0.05, 0.1) is 22.3 Å². The summed E-state index contributed by atoms with van der Waals surface area (Å²) in [6, 6.07) is 7.91. The second kappa shape index (κ2) is 6.61. The van der Waals surface area contributed by atoms with Crippen molar-refractivity contribution in [3.8, 4) is 11.5 Å². The van der Waals surface area contributed by atoms with Gasteiger partial charge in [0, 0.05) is 18.3 Å². The Morgan fingerprint density at radius 1 is 1.21 bits per heavy atom. The lowest BCUT2D eigenvalue weighted by atomic mass is 10.1. The van der Waals surface area contributed by atoms with E-state index in [0.717, 1.165) is 48.2 Å². The van der Waals surface area contributed by atoms with E-state index in [9.17, 15) is 0 Å². The van der Waals surface area contributed by atoms with Crippen LogP contribution >= 0.6 is 23.4 Å². The van der Waals surface area contributed by atoms with Crippen molar-refractivity contribution in [2.24, 2.45) is 0 Å². The predicted octanol–water partition coefficient (Wildman–Crippen LogP) is 4.01. The number of para-hydroxylation sites is 2. The maximum absolute atomic E-state index is 6.34. The zero-order valence-corrected chi connectivity index (χ0v) is 14.9. The summed E-state index contributed by atoms with van der Waals surface area (Å²) < 4.78 is 0. The molecule has 1 saturated heterocycles. The Kier molecular flexibility index (Phi) is 4.33. The van der Waals surface area contributed by atoms with E-state index in [-0.39, 0.29) is 0 Å². The minimum atomic E-state index is 0.511. The molecule has 0 saturated carbocycles. The molecule has 3 heterocycles. The number of hydrogen-bond donors (Lipinski definition) is 1. The molecular formula is C17H18ClN5S. The minimum absolute atomic E-state index is 0.511. The van der Waals surface area contributed by atoms with Gasteiger partial charge < -0.3 is 9.88 Å². The predicted molar refractivity (Wildman–Crippen MR) is 101 cm³/mol. The summed E-state index contributed by atoms with van der Waals surface area (Å²) >= 11 is 8.28. The summed E-state index contributed by atoms with van der Waals surface area (Å²) in [5.74, 6) is 1.42. The molecule has 0 bridgehead atoms. The lowest BCUT2D eigenvalue weighted by Crippen LogP contribution is -2.35. The zero-order chi connectivity index (χ0) is 16.5. The molecular weight excluding hydrogens is 342 g/mol. The van der Waals surface area contributed by atoms with Gasteiger partial charge in [-0.15, -0.1) is 0 Å². The summed E-state index contributed by atoms with van der Waals surface area (Å²) in [5.41, 5.74) is 2.54. The van der Waals surface area contributed by atoms with Gasteiger partial charge in [0.2, 0.25) is 5.95 Å². The first-order valence-corrected chi connectivity index (χ1v) is 9.66. The van der Waals surface area contributed by atoms with Gasteiger partial charge in [0.25, 0.3) is 0 Å². The molecule has 0 aliphatic carbocycles. The van der Waals surface area contributed by atoms with E-state index >= 15 is 0 Å². The maximum atomic E-state index is 6.34. The monoisotopic (exact) mass is 359 g/mol. The van der Waals surface area contributed by atoms with Crippen LogP contribution in [0.3, 0.4) is 0 Å². The summed E-state index contributed by atoms with van der Waals surface area (Å²) in [5, 5.41) is 1.25. The normalized spacial score (nSPS) is 16.0. The number of piperidine rings is 1. The molecule has 24 heavy (non-hydrogen) atoms. The molecule has 2 aromatic heterocycles. The molecule has 1 aromatic carbocycles. The van der Waals surface area contributed by atoms with Gasteiger partial charge in [-0.2, -0.15) is 11.8 Å². The lowest BCUT2D eigenvalue weighted by molar-refractivity contribution is 0.581. The van der Waals surface area contributed by atoms with Crippen LogP contribution in [-0.2, 0) is 0 Å². The Bertz CT molecular complexity index is 824. The highest BCUT2D eigenvalue weighted by Gasteiger charge is 2.21. The molecule has 4 rings (SSSR count). The van der Waals surface area contributed by atoms with E-state index in [4.69, 9.17) is 16.6 Å². The van der Waals surface area contributed by atoms with Crippen LogP contribution in [0.25, 0.3) is 22.6 Å². The third kappa shape index (κ3) is 2.96. The van der Waals surface area contributed by atoms with Crippen molar-refractivity contribution in [3.05, 3.63) is 35.5 Å². The Labute approximate surface area is 149 Å². The van der Waals surface area contributed by atoms with E-state index in [2.05, 4.69) is 26.1 Å². The van der Waals surface area contributed by atoms with Crippen LogP contribution in [0, 0.1) is 0 Å². The number of nitrogens with one attached hydrogen (secondary N) is 1. The SMILES string of the molecule is CSC1CCN(c2ncc(Cl)c(-c3nc4ccccc4[nH]3)n2)CC1. The molecule has 3 aromatic rings. The number of anilines is 1. The number of fused-ring (bicyclic) bond motifs is 1. The number of aromatic nitrogens is 4. The lowest BCUT2D eigenvalue weighted by Gasteiger charge is -2.31. The fourth-order valence-corrected chi connectivity index (χ4v) is 3.90. The number of aromatic amines is 1. The van der Waals surface area contributed by atoms with Gasteiger partial charge >= 0.3 is 0 Å². The van der Waals surface area contributed by atoms with Crippen molar-refractivity contribution in [1.82, 2.24) is 19.9 Å². The molecule has 0 unspecified atom stereocenters. The maximum Gasteiger partial charge on any atom is 0.226 e. The van der Waals surface area contributed by atoms with Crippen LogP contribution in [-0.4, -0.2) is 44.5 Å². The second-order valence-corrected chi connectivity index (χ2v) is 7.44. The molecule has 1 fully saturated rings. The molecule has 7 heteroatoms. The van der Waals surface area contributed by atoms with Crippen LogP contribution in [0.4, 0.5) is 5.95 Å². The zero-order valence-electron chi connectivity index (χ0n) is 13.4. The number of hydrogen-bond acceptors (Lipinski definition) is 5. The quantitative estimate of drug-likeness (QED) is 0.765. The van der Waals surface area contributed by atoms with Crippen molar-refractivity contribution in [2.75, 3.05) is 24.2 Å². The van der Waals surface area contributed by atoms with E-state index in [1.54, 1.807) is 6.20 Å². The van der Waals surface area contributed by atoms with Crippen LogP contribution in [0.5, 0.6) is 0 Å². The molecule has 0 atom stereocenters. The van der Waals surface area contributed by atoms with Crippen molar-refractivity contribution in [3.63, 3.8) is 0 Å². The smallest absolute Gasteiger partial charge is 0.226 e. The third-order valence-corrected chi connectivity index (χ3v) is 5.82. The highest BCUT2D eigenvalue weighted by Crippen LogP contribution is 2.29. The summed E-state index contributed by atoms with van der Waals surface area (Å²) in [4.78, 5) is 19.2. The number of thioether (sulfide) groups is 1. The van der Waals surface area contributed by atoms with E-state index in [1.165, 1.54) is 0 Å². The molecule has 0 spiro atoms. The van der Waals surface area contributed by atoms with Gasteiger partial charge in [-0.25, -0.2) is 15.0 Å². The molecule has 0 radical (unpaired) electrons. The topological polar surface area (TPSA) is 57.7 Å². The standard InChI is InChI=1S/C17H18ClN5S/c1-24-11-6-8-23(9-7-11)17-19-10-12(18)15(22-17)16-20-13-4-2-3-5-14(13)21-16/h2-5,10-11H,6-9H2,1H3,(H,20,21). The Morgan fingerprint density at radius 2 is 2.00 bits per heavy atom. The van der Waals surface area contributed by atoms with Gasteiger partial charge in [-0.3, -0.25) is 0 Å². The van der Waals surface area contributed by atoms with Crippen LogP contribution in [0.2, 0.25) is 5.02 Å². The summed E-state index contributed by atoms with van der Waals surface area (Å²) in [6.45, 7) is 1.96. The average Bonchev–Trinajstić information content (AvgIpc) is 3.06. The van der Waals surface area contributed by atoms with Crippen molar-refractivity contribution < 1.29 is 0 Å². The number of halogens is 1. The molecule has 1 aliphatic heterocycles. The number of imidazole rings is 1. The van der Waals surface area contributed by atoms with E-state index in [0.29, 0.717) is 16.5 Å². The van der Waals surface area contributed by atoms with Gasteiger partial charge in [-0.05, 0) is 31.2 Å². The highest BCUT2D eigenvalue weighted by atomic mass is 35.5. The number of rotatable bonds is 3. The molecule has 5 nitrogen and oxygen atoms in total. The van der Waals surface area contributed by atoms with Crippen LogP contribution in [0.15, 0.2) is 30.5 Å². The summed E-state index contributed by atoms with van der Waals surface area (Å²) in [6.07, 6.45) is 6.17. The average molecular weight is 360 g/mol. The fourth-order valence-electron chi connectivity index (χ4n) is 3.03. The van der Waals surface area contributed by atoms with E-state index < -0.39 is 0 Å². The van der Waals surface area contributed by atoms with Gasteiger partial charge in [0.15, 0.2) is 5.82 Å². The first-order valence-electron chi connectivity index (χ1n) is 8.00. The first kappa shape index (κ1) is 15.7. The minimum Gasteiger partial charge on any atom is -0.341 e. The Balaban J connectivity index is 1.66.